The van der Waals surface area contributed by atoms with E-state index in [4.69, 9.17) is 16.5 Å². The number of rotatable bonds is 7. The first-order chi connectivity index (χ1) is 15.5. The topological polar surface area (TPSA) is 127 Å². The minimum absolute atomic E-state index is 0.00674. The minimum atomic E-state index is -0.477. The number of phenols is 1. The van der Waals surface area contributed by atoms with Crippen LogP contribution in [0.5, 0.6) is 5.75 Å². The molecule has 0 aliphatic heterocycles. The summed E-state index contributed by atoms with van der Waals surface area (Å²) in [6, 6.07) is 20.0. The van der Waals surface area contributed by atoms with Crippen LogP contribution in [0.3, 0.4) is 0 Å². The molecule has 6 N–H and O–H groups in total. The van der Waals surface area contributed by atoms with E-state index >= 15 is 0 Å². The van der Waals surface area contributed by atoms with Gasteiger partial charge in [0.1, 0.15) is 11.6 Å². The van der Waals surface area contributed by atoms with Crippen LogP contribution in [0.25, 0.3) is 33.4 Å². The second kappa shape index (κ2) is 9.03. The van der Waals surface area contributed by atoms with E-state index in [1.807, 2.05) is 49.4 Å². The van der Waals surface area contributed by atoms with E-state index in [-0.39, 0.29) is 11.8 Å². The van der Waals surface area contributed by atoms with Crippen LogP contribution >= 0.6 is 0 Å². The van der Waals surface area contributed by atoms with Gasteiger partial charge in [0.2, 0.25) is 5.91 Å². The molecule has 0 saturated heterocycles. The molecule has 4 aromatic rings. The van der Waals surface area contributed by atoms with E-state index in [0.29, 0.717) is 29.3 Å². The van der Waals surface area contributed by atoms with Crippen molar-refractivity contribution in [3.8, 4) is 28.3 Å². The SMILES string of the molecule is CC[C@@H](N)CNc1nc(-c2cc(-c3ccc(C(N)=O)cc3)ccc2O)nc2ccccc12. The smallest absolute Gasteiger partial charge is 0.248 e. The molecular weight excluding hydrogens is 402 g/mol. The number of aromatic hydroxyl groups is 1. The summed E-state index contributed by atoms with van der Waals surface area (Å²) in [5.41, 5.74) is 14.9. The number of carbonyl (C=O) groups is 1. The maximum atomic E-state index is 11.3. The zero-order chi connectivity index (χ0) is 22.7. The first-order valence-corrected chi connectivity index (χ1v) is 10.5. The molecule has 0 radical (unpaired) electrons. The summed E-state index contributed by atoms with van der Waals surface area (Å²) in [5, 5.41) is 14.8. The van der Waals surface area contributed by atoms with E-state index in [1.165, 1.54) is 0 Å². The average molecular weight is 428 g/mol. The molecule has 1 heterocycles. The molecule has 0 spiro atoms. The Morgan fingerprint density at radius 2 is 1.75 bits per heavy atom. The highest BCUT2D eigenvalue weighted by Gasteiger charge is 2.14. The number of para-hydroxylation sites is 1. The zero-order valence-corrected chi connectivity index (χ0v) is 17.7. The summed E-state index contributed by atoms with van der Waals surface area (Å²) in [4.78, 5) is 20.7. The molecule has 7 nitrogen and oxygen atoms in total. The van der Waals surface area contributed by atoms with Gasteiger partial charge in [-0.05, 0) is 53.9 Å². The van der Waals surface area contributed by atoms with Crippen molar-refractivity contribution in [3.05, 3.63) is 72.3 Å². The highest BCUT2D eigenvalue weighted by atomic mass is 16.3. The number of nitrogens with one attached hydrogen (secondary N) is 1. The second-order valence-electron chi connectivity index (χ2n) is 7.64. The molecule has 32 heavy (non-hydrogen) atoms. The number of primary amides is 1. The molecule has 1 atom stereocenters. The van der Waals surface area contributed by atoms with Crippen molar-refractivity contribution in [2.75, 3.05) is 11.9 Å². The van der Waals surface area contributed by atoms with Crippen molar-refractivity contribution < 1.29 is 9.90 Å². The molecule has 0 unspecified atom stereocenters. The quantitative estimate of drug-likeness (QED) is 0.354. The lowest BCUT2D eigenvalue weighted by atomic mass is 10.0. The molecule has 1 amide bonds. The van der Waals surface area contributed by atoms with Crippen LogP contribution in [0, 0.1) is 0 Å². The summed E-state index contributed by atoms with van der Waals surface area (Å²) in [5.74, 6) is 0.679. The van der Waals surface area contributed by atoms with Crippen molar-refractivity contribution in [1.29, 1.82) is 0 Å². The standard InChI is InChI=1S/C25H25N5O2/c1-2-18(26)14-28-24-19-5-3-4-6-21(19)29-25(30-24)20-13-17(11-12-22(20)31)15-7-9-16(10-8-15)23(27)32/h3-13,18,31H,2,14,26H2,1H3,(H2,27,32)(H,28,29,30)/t18-/m1/s1. The normalized spacial score (nSPS) is 11.9. The predicted molar refractivity (Wildman–Crippen MR) is 127 cm³/mol. The molecule has 0 fully saturated rings. The molecule has 1 aromatic heterocycles. The summed E-state index contributed by atoms with van der Waals surface area (Å²) in [7, 11) is 0. The van der Waals surface area contributed by atoms with Gasteiger partial charge in [-0.25, -0.2) is 9.97 Å². The van der Waals surface area contributed by atoms with Gasteiger partial charge < -0.3 is 21.9 Å². The zero-order valence-electron chi connectivity index (χ0n) is 17.7. The number of benzene rings is 3. The number of fused-ring (bicyclic) bond motifs is 1. The fourth-order valence-corrected chi connectivity index (χ4v) is 3.43. The van der Waals surface area contributed by atoms with Crippen LogP contribution in [-0.2, 0) is 0 Å². The molecule has 0 saturated carbocycles. The Kier molecular flexibility index (Phi) is 6.00. The van der Waals surface area contributed by atoms with Gasteiger partial charge in [-0.3, -0.25) is 4.79 Å². The third-order valence-corrected chi connectivity index (χ3v) is 5.40. The number of amides is 1. The number of aromatic nitrogens is 2. The Morgan fingerprint density at radius 3 is 2.47 bits per heavy atom. The van der Waals surface area contributed by atoms with Crippen LogP contribution < -0.4 is 16.8 Å². The minimum Gasteiger partial charge on any atom is -0.507 e. The van der Waals surface area contributed by atoms with E-state index in [9.17, 15) is 9.90 Å². The van der Waals surface area contributed by atoms with Crippen LogP contribution in [0.15, 0.2) is 66.7 Å². The van der Waals surface area contributed by atoms with E-state index < -0.39 is 5.91 Å². The number of hydrogen-bond donors (Lipinski definition) is 4. The van der Waals surface area contributed by atoms with Gasteiger partial charge in [0.25, 0.3) is 0 Å². The molecular formula is C25H25N5O2. The second-order valence-corrected chi connectivity index (χ2v) is 7.64. The van der Waals surface area contributed by atoms with Crippen molar-refractivity contribution in [1.82, 2.24) is 9.97 Å². The number of nitrogens with zero attached hydrogens (tertiary/aromatic N) is 2. The van der Waals surface area contributed by atoms with Gasteiger partial charge >= 0.3 is 0 Å². The summed E-state index contributed by atoms with van der Waals surface area (Å²) >= 11 is 0. The highest BCUT2D eigenvalue weighted by Crippen LogP contribution is 2.34. The van der Waals surface area contributed by atoms with Gasteiger partial charge in [0, 0.05) is 23.5 Å². The van der Waals surface area contributed by atoms with Crippen LogP contribution in [0.4, 0.5) is 5.82 Å². The van der Waals surface area contributed by atoms with Crippen molar-refractivity contribution in [3.63, 3.8) is 0 Å². The van der Waals surface area contributed by atoms with Gasteiger partial charge in [0.15, 0.2) is 5.82 Å². The first-order valence-electron chi connectivity index (χ1n) is 10.5. The fraction of sp³-hybridized carbons (Fsp3) is 0.160. The van der Waals surface area contributed by atoms with Gasteiger partial charge in [0.05, 0.1) is 11.1 Å². The van der Waals surface area contributed by atoms with Gasteiger partial charge in [-0.2, -0.15) is 0 Å². The Labute approximate surface area is 186 Å². The Hall–Kier alpha value is -3.97. The lowest BCUT2D eigenvalue weighted by molar-refractivity contribution is 0.100. The largest absolute Gasteiger partial charge is 0.507 e. The van der Waals surface area contributed by atoms with E-state index in [0.717, 1.165) is 28.5 Å². The van der Waals surface area contributed by atoms with Crippen molar-refractivity contribution >= 4 is 22.6 Å². The fourth-order valence-electron chi connectivity index (χ4n) is 3.43. The Morgan fingerprint density at radius 1 is 1.03 bits per heavy atom. The summed E-state index contributed by atoms with van der Waals surface area (Å²) < 4.78 is 0. The van der Waals surface area contributed by atoms with Crippen LogP contribution in [-0.4, -0.2) is 33.6 Å². The number of nitrogens with two attached hydrogens (primary N) is 2. The maximum Gasteiger partial charge on any atom is 0.248 e. The lowest BCUT2D eigenvalue weighted by Gasteiger charge is -2.14. The first kappa shape index (κ1) is 21.3. The molecule has 4 rings (SSSR count). The van der Waals surface area contributed by atoms with E-state index in [1.54, 1.807) is 24.3 Å². The molecule has 162 valence electrons. The van der Waals surface area contributed by atoms with Gasteiger partial charge in [-0.1, -0.05) is 37.3 Å². The number of anilines is 1. The lowest BCUT2D eigenvalue weighted by Crippen LogP contribution is -2.28. The summed E-state index contributed by atoms with van der Waals surface area (Å²) in [6.07, 6.45) is 0.847. The molecule has 0 aliphatic rings. The highest BCUT2D eigenvalue weighted by molar-refractivity contribution is 5.93. The monoisotopic (exact) mass is 427 g/mol. The number of hydrogen-bond acceptors (Lipinski definition) is 6. The van der Waals surface area contributed by atoms with Crippen molar-refractivity contribution in [2.45, 2.75) is 19.4 Å². The van der Waals surface area contributed by atoms with Crippen molar-refractivity contribution in [2.24, 2.45) is 11.5 Å². The van der Waals surface area contributed by atoms with Gasteiger partial charge in [-0.15, -0.1) is 0 Å². The summed E-state index contributed by atoms with van der Waals surface area (Å²) in [6.45, 7) is 2.62. The number of phenolic OH excluding ortho intramolecular Hbond substituents is 1. The third kappa shape index (κ3) is 4.38. The van der Waals surface area contributed by atoms with Crippen LogP contribution in [0.2, 0.25) is 0 Å². The predicted octanol–water partition coefficient (Wildman–Crippen LogP) is 3.92. The number of carbonyl (C=O) groups excluding carboxylic acids is 1. The van der Waals surface area contributed by atoms with E-state index in [2.05, 4.69) is 10.3 Å². The molecule has 7 heteroatoms. The third-order valence-electron chi connectivity index (χ3n) is 5.40. The van der Waals surface area contributed by atoms with Crippen LogP contribution in [0.1, 0.15) is 23.7 Å². The Bertz CT molecular complexity index is 1270. The molecule has 3 aromatic carbocycles. The Balaban J connectivity index is 1.78. The molecule has 0 bridgehead atoms. The molecule has 0 aliphatic carbocycles. The average Bonchev–Trinajstić information content (AvgIpc) is 2.82. The maximum absolute atomic E-state index is 11.3.